The number of nitrogens with two attached hydrogens (primary N) is 1. The molecule has 0 spiro atoms. The van der Waals surface area contributed by atoms with Gasteiger partial charge < -0.3 is 15.8 Å². The molecule has 1 aliphatic heterocycles. The van der Waals surface area contributed by atoms with Gasteiger partial charge in [0, 0.05) is 11.7 Å². The molecule has 1 heterocycles. The lowest BCUT2D eigenvalue weighted by atomic mass is 10.00. The number of hydrogen-bond donors (Lipinski definition) is 2. The van der Waals surface area contributed by atoms with Gasteiger partial charge in [-0.15, -0.1) is 0 Å². The number of carbonyl (C=O) groups is 1. The minimum atomic E-state index is -0.0146. The van der Waals surface area contributed by atoms with E-state index in [0.717, 1.165) is 13.0 Å². The SMILES string of the molecule is CCC1CCCCN1CC(=O)Nc1cc(N)ccc1OC. The van der Waals surface area contributed by atoms with E-state index in [-0.39, 0.29) is 5.91 Å². The fraction of sp³-hybridized carbons (Fsp3) is 0.562. The van der Waals surface area contributed by atoms with Crippen molar-refractivity contribution in [3.63, 3.8) is 0 Å². The number of nitrogens with zero attached hydrogens (tertiary/aromatic N) is 1. The maximum absolute atomic E-state index is 12.3. The van der Waals surface area contributed by atoms with Crippen LogP contribution in [0.5, 0.6) is 5.75 Å². The van der Waals surface area contributed by atoms with Gasteiger partial charge in [0.15, 0.2) is 0 Å². The summed E-state index contributed by atoms with van der Waals surface area (Å²) in [6.07, 6.45) is 4.71. The Morgan fingerprint density at radius 2 is 2.29 bits per heavy atom. The highest BCUT2D eigenvalue weighted by molar-refractivity contribution is 5.94. The first-order valence-corrected chi connectivity index (χ1v) is 7.61. The van der Waals surface area contributed by atoms with Crippen LogP contribution in [0.4, 0.5) is 11.4 Å². The van der Waals surface area contributed by atoms with Gasteiger partial charge in [-0.1, -0.05) is 13.3 Å². The lowest BCUT2D eigenvalue weighted by molar-refractivity contribution is -0.118. The van der Waals surface area contributed by atoms with Gasteiger partial charge in [0.05, 0.1) is 19.3 Å². The molecule has 0 bridgehead atoms. The van der Waals surface area contributed by atoms with Crippen molar-refractivity contribution < 1.29 is 9.53 Å². The molecule has 0 radical (unpaired) electrons. The minimum Gasteiger partial charge on any atom is -0.495 e. The standard InChI is InChI=1S/C16H25N3O2/c1-3-13-6-4-5-9-19(13)11-16(20)18-14-10-12(17)7-8-15(14)21-2/h7-8,10,13H,3-6,9,11,17H2,1-2H3,(H,18,20). The molecule has 5 nitrogen and oxygen atoms in total. The Kier molecular flexibility index (Phi) is 5.44. The molecule has 1 atom stereocenters. The second-order valence-electron chi connectivity index (χ2n) is 5.54. The van der Waals surface area contributed by atoms with Crippen LogP contribution in [-0.2, 0) is 4.79 Å². The predicted molar refractivity (Wildman–Crippen MR) is 85.5 cm³/mol. The fourth-order valence-corrected chi connectivity index (χ4v) is 2.93. The van der Waals surface area contributed by atoms with Crippen LogP contribution in [0.15, 0.2) is 18.2 Å². The van der Waals surface area contributed by atoms with E-state index in [1.807, 2.05) is 0 Å². The van der Waals surface area contributed by atoms with Crippen molar-refractivity contribution >= 4 is 17.3 Å². The maximum atomic E-state index is 12.3. The largest absolute Gasteiger partial charge is 0.495 e. The highest BCUT2D eigenvalue weighted by Gasteiger charge is 2.23. The second-order valence-corrected chi connectivity index (χ2v) is 5.54. The van der Waals surface area contributed by atoms with Crippen LogP contribution >= 0.6 is 0 Å². The summed E-state index contributed by atoms with van der Waals surface area (Å²) in [5.74, 6) is 0.613. The molecule has 21 heavy (non-hydrogen) atoms. The summed E-state index contributed by atoms with van der Waals surface area (Å²) in [5.41, 5.74) is 7.01. The van der Waals surface area contributed by atoms with Crippen molar-refractivity contribution in [3.8, 4) is 5.75 Å². The number of carbonyl (C=O) groups excluding carboxylic acids is 1. The van der Waals surface area contributed by atoms with E-state index in [0.29, 0.717) is 29.7 Å². The molecule has 0 saturated carbocycles. The van der Waals surface area contributed by atoms with Gasteiger partial charge in [0.2, 0.25) is 5.91 Å². The topological polar surface area (TPSA) is 67.6 Å². The quantitative estimate of drug-likeness (QED) is 0.818. The molecule has 2 rings (SSSR count). The third kappa shape index (κ3) is 4.11. The lowest BCUT2D eigenvalue weighted by Gasteiger charge is -2.34. The monoisotopic (exact) mass is 291 g/mol. The minimum absolute atomic E-state index is 0.0146. The number of hydrogen-bond acceptors (Lipinski definition) is 4. The first-order chi connectivity index (χ1) is 10.1. The summed E-state index contributed by atoms with van der Waals surface area (Å²) in [5, 5.41) is 2.91. The van der Waals surface area contributed by atoms with Gasteiger partial charge in [0.1, 0.15) is 5.75 Å². The fourth-order valence-electron chi connectivity index (χ4n) is 2.93. The van der Waals surface area contributed by atoms with Gasteiger partial charge in [-0.25, -0.2) is 0 Å². The Balaban J connectivity index is 1.99. The van der Waals surface area contributed by atoms with Crippen LogP contribution in [0.2, 0.25) is 0 Å². The molecule has 0 aliphatic carbocycles. The maximum Gasteiger partial charge on any atom is 0.238 e. The number of likely N-dealkylation sites (tertiary alicyclic amines) is 1. The van der Waals surface area contributed by atoms with Crippen molar-refractivity contribution in [1.29, 1.82) is 0 Å². The second kappa shape index (κ2) is 7.31. The smallest absolute Gasteiger partial charge is 0.238 e. The molecule has 116 valence electrons. The number of amides is 1. The Hall–Kier alpha value is -1.75. The molecule has 1 saturated heterocycles. The summed E-state index contributed by atoms with van der Waals surface area (Å²) >= 11 is 0. The van der Waals surface area contributed by atoms with Crippen molar-refractivity contribution in [2.75, 3.05) is 31.2 Å². The van der Waals surface area contributed by atoms with Gasteiger partial charge >= 0.3 is 0 Å². The number of ether oxygens (including phenoxy) is 1. The molecule has 1 aromatic rings. The zero-order chi connectivity index (χ0) is 15.2. The Morgan fingerprint density at radius 1 is 1.48 bits per heavy atom. The molecule has 1 aliphatic rings. The number of rotatable bonds is 5. The summed E-state index contributed by atoms with van der Waals surface area (Å²) in [6.45, 7) is 3.61. The highest BCUT2D eigenvalue weighted by atomic mass is 16.5. The number of nitrogens with one attached hydrogen (secondary N) is 1. The van der Waals surface area contributed by atoms with Gasteiger partial charge in [0.25, 0.3) is 0 Å². The number of piperidine rings is 1. The van der Waals surface area contributed by atoms with Gasteiger partial charge in [-0.3, -0.25) is 9.69 Å². The van der Waals surface area contributed by atoms with Crippen LogP contribution in [0.25, 0.3) is 0 Å². The molecule has 1 aromatic carbocycles. The molecule has 1 unspecified atom stereocenters. The van der Waals surface area contributed by atoms with E-state index in [1.165, 1.54) is 19.3 Å². The van der Waals surface area contributed by atoms with E-state index in [1.54, 1.807) is 25.3 Å². The van der Waals surface area contributed by atoms with Crippen molar-refractivity contribution in [3.05, 3.63) is 18.2 Å². The first kappa shape index (κ1) is 15.6. The molecular formula is C16H25N3O2. The van der Waals surface area contributed by atoms with Crippen LogP contribution in [0, 0.1) is 0 Å². The molecule has 1 fully saturated rings. The third-order valence-electron chi connectivity index (χ3n) is 4.06. The zero-order valence-corrected chi connectivity index (χ0v) is 12.9. The van der Waals surface area contributed by atoms with Gasteiger partial charge in [-0.05, 0) is 44.0 Å². The number of benzene rings is 1. The van der Waals surface area contributed by atoms with E-state index < -0.39 is 0 Å². The van der Waals surface area contributed by atoms with Crippen molar-refractivity contribution in [1.82, 2.24) is 4.90 Å². The first-order valence-electron chi connectivity index (χ1n) is 7.61. The van der Waals surface area contributed by atoms with Crippen molar-refractivity contribution in [2.24, 2.45) is 0 Å². The number of methoxy groups -OCH3 is 1. The zero-order valence-electron chi connectivity index (χ0n) is 12.9. The normalized spacial score (nSPS) is 19.2. The summed E-state index contributed by atoms with van der Waals surface area (Å²) in [7, 11) is 1.58. The van der Waals surface area contributed by atoms with E-state index >= 15 is 0 Å². The molecule has 3 N–H and O–H groups in total. The number of nitrogen functional groups attached to an aromatic ring is 1. The van der Waals surface area contributed by atoms with Crippen LogP contribution in [0.3, 0.4) is 0 Å². The average Bonchev–Trinajstić information content (AvgIpc) is 2.48. The molecule has 5 heteroatoms. The Labute approximate surface area is 126 Å². The van der Waals surface area contributed by atoms with Crippen LogP contribution < -0.4 is 15.8 Å². The van der Waals surface area contributed by atoms with Crippen LogP contribution in [-0.4, -0.2) is 37.0 Å². The Morgan fingerprint density at radius 3 is 3.00 bits per heavy atom. The third-order valence-corrected chi connectivity index (χ3v) is 4.06. The molecule has 1 amide bonds. The van der Waals surface area contributed by atoms with Gasteiger partial charge in [-0.2, -0.15) is 0 Å². The van der Waals surface area contributed by atoms with Crippen LogP contribution in [0.1, 0.15) is 32.6 Å². The van der Waals surface area contributed by atoms with E-state index in [2.05, 4.69) is 17.1 Å². The summed E-state index contributed by atoms with van der Waals surface area (Å²) in [4.78, 5) is 14.5. The van der Waals surface area contributed by atoms with Crippen molar-refractivity contribution in [2.45, 2.75) is 38.6 Å². The van der Waals surface area contributed by atoms with E-state index in [9.17, 15) is 4.79 Å². The lowest BCUT2D eigenvalue weighted by Crippen LogP contribution is -2.43. The van der Waals surface area contributed by atoms with E-state index in [4.69, 9.17) is 10.5 Å². The number of anilines is 2. The summed E-state index contributed by atoms with van der Waals surface area (Å²) < 4.78 is 5.25. The summed E-state index contributed by atoms with van der Waals surface area (Å²) in [6, 6.07) is 5.77. The molecular weight excluding hydrogens is 266 g/mol. The highest BCUT2D eigenvalue weighted by Crippen LogP contribution is 2.26. The Bertz CT molecular complexity index is 490. The predicted octanol–water partition coefficient (Wildman–Crippen LogP) is 2.48. The average molecular weight is 291 g/mol. The molecule has 0 aromatic heterocycles.